The highest BCUT2D eigenvalue weighted by atomic mass is 16.1. The van der Waals surface area contributed by atoms with Gasteiger partial charge in [-0.25, -0.2) is 4.98 Å². The Bertz CT molecular complexity index is 796. The van der Waals surface area contributed by atoms with Gasteiger partial charge in [0, 0.05) is 12.6 Å². The maximum Gasteiger partial charge on any atom is 0.271 e. The van der Waals surface area contributed by atoms with E-state index >= 15 is 0 Å². The first-order valence-corrected chi connectivity index (χ1v) is 7.00. The van der Waals surface area contributed by atoms with Crippen LogP contribution in [-0.4, -0.2) is 9.97 Å². The summed E-state index contributed by atoms with van der Waals surface area (Å²) in [7, 11) is 0. The van der Waals surface area contributed by atoms with Gasteiger partial charge < -0.3 is 10.3 Å². The summed E-state index contributed by atoms with van der Waals surface area (Å²) in [6.45, 7) is 2.51. The van der Waals surface area contributed by atoms with Crippen molar-refractivity contribution >= 4 is 11.0 Å². The quantitative estimate of drug-likeness (QED) is 0.772. The molecule has 3 rings (SSSR count). The van der Waals surface area contributed by atoms with E-state index in [4.69, 9.17) is 0 Å². The molecule has 0 aliphatic heterocycles. The predicted molar refractivity (Wildman–Crippen MR) is 84.1 cm³/mol. The summed E-state index contributed by atoms with van der Waals surface area (Å²) in [4.78, 5) is 19.3. The van der Waals surface area contributed by atoms with Gasteiger partial charge in [0.2, 0.25) is 0 Å². The van der Waals surface area contributed by atoms with Gasteiger partial charge in [-0.3, -0.25) is 4.79 Å². The fourth-order valence-corrected chi connectivity index (χ4v) is 2.30. The normalized spacial score (nSPS) is 12.4. The number of benzene rings is 2. The molecule has 0 aliphatic carbocycles. The number of rotatable bonds is 4. The minimum Gasteiger partial charge on any atom is -0.319 e. The van der Waals surface area contributed by atoms with Crippen LogP contribution in [0.4, 0.5) is 0 Å². The van der Waals surface area contributed by atoms with E-state index in [1.54, 1.807) is 0 Å². The van der Waals surface area contributed by atoms with Crippen molar-refractivity contribution < 1.29 is 0 Å². The molecule has 1 aromatic heterocycles. The van der Waals surface area contributed by atoms with E-state index in [0.29, 0.717) is 12.2 Å². The third-order valence-corrected chi connectivity index (χ3v) is 3.55. The molecule has 2 N–H and O–H groups in total. The number of nitrogens with one attached hydrogen (secondary N) is 2. The molecule has 0 saturated carbocycles. The average Bonchev–Trinajstić information content (AvgIpc) is 2.53. The molecule has 0 amide bonds. The maximum absolute atomic E-state index is 12.0. The topological polar surface area (TPSA) is 57.8 Å². The van der Waals surface area contributed by atoms with E-state index in [-0.39, 0.29) is 11.6 Å². The van der Waals surface area contributed by atoms with E-state index in [1.807, 2.05) is 42.5 Å². The van der Waals surface area contributed by atoms with E-state index in [0.717, 1.165) is 11.0 Å². The van der Waals surface area contributed by atoms with Gasteiger partial charge in [0.1, 0.15) is 5.69 Å². The smallest absolute Gasteiger partial charge is 0.271 e. The third-order valence-electron chi connectivity index (χ3n) is 3.55. The van der Waals surface area contributed by atoms with Crippen molar-refractivity contribution in [3.05, 3.63) is 76.2 Å². The summed E-state index contributed by atoms with van der Waals surface area (Å²) in [6.07, 6.45) is 0. The number of para-hydroxylation sites is 2. The first-order chi connectivity index (χ1) is 10.2. The largest absolute Gasteiger partial charge is 0.319 e. The lowest BCUT2D eigenvalue weighted by Crippen LogP contribution is -2.25. The van der Waals surface area contributed by atoms with Crippen molar-refractivity contribution in [1.29, 1.82) is 0 Å². The van der Waals surface area contributed by atoms with Gasteiger partial charge in [-0.05, 0) is 24.6 Å². The molecule has 21 heavy (non-hydrogen) atoms. The molecule has 3 aromatic rings. The van der Waals surface area contributed by atoms with E-state index in [1.165, 1.54) is 5.56 Å². The zero-order chi connectivity index (χ0) is 14.7. The number of aromatic nitrogens is 2. The highest BCUT2D eigenvalue weighted by Crippen LogP contribution is 2.12. The molecular weight excluding hydrogens is 262 g/mol. The lowest BCUT2D eigenvalue weighted by atomic mass is 10.1. The van der Waals surface area contributed by atoms with Crippen molar-refractivity contribution in [2.45, 2.75) is 19.5 Å². The van der Waals surface area contributed by atoms with Gasteiger partial charge in [0.05, 0.1) is 11.0 Å². The molecule has 0 saturated heterocycles. The first kappa shape index (κ1) is 13.5. The summed E-state index contributed by atoms with van der Waals surface area (Å²) < 4.78 is 0. The Morgan fingerprint density at radius 1 is 1.10 bits per heavy atom. The van der Waals surface area contributed by atoms with Crippen LogP contribution in [0, 0.1) is 0 Å². The predicted octanol–water partition coefficient (Wildman–Crippen LogP) is 2.77. The average molecular weight is 279 g/mol. The van der Waals surface area contributed by atoms with E-state index in [2.05, 4.69) is 34.3 Å². The monoisotopic (exact) mass is 279 g/mol. The molecule has 2 aromatic carbocycles. The number of nitrogens with zero attached hydrogens (tertiary/aromatic N) is 1. The van der Waals surface area contributed by atoms with Crippen molar-refractivity contribution in [3.63, 3.8) is 0 Å². The summed E-state index contributed by atoms with van der Waals surface area (Å²) >= 11 is 0. The van der Waals surface area contributed by atoms with Crippen LogP contribution in [0.15, 0.2) is 59.4 Å². The molecule has 0 fully saturated rings. The summed E-state index contributed by atoms with van der Waals surface area (Å²) in [5.74, 6) is 0. The van der Waals surface area contributed by atoms with E-state index < -0.39 is 0 Å². The third kappa shape index (κ3) is 3.01. The fourth-order valence-electron chi connectivity index (χ4n) is 2.30. The molecule has 1 heterocycles. The highest BCUT2D eigenvalue weighted by Gasteiger charge is 2.08. The number of hydrogen-bond acceptors (Lipinski definition) is 3. The standard InChI is InChI=1S/C17H17N3O/c1-12(13-7-3-2-4-8-13)18-11-16-17(21)20-15-10-6-5-9-14(15)19-16/h2-10,12,18H,11H2,1H3,(H,20,21)/t12-/m0/s1. The number of H-pyrrole nitrogens is 1. The Morgan fingerprint density at radius 3 is 2.62 bits per heavy atom. The second-order valence-electron chi connectivity index (χ2n) is 5.04. The zero-order valence-corrected chi connectivity index (χ0v) is 11.8. The second kappa shape index (κ2) is 5.89. The van der Waals surface area contributed by atoms with E-state index in [9.17, 15) is 4.79 Å². The SMILES string of the molecule is C[C@H](NCc1nc2ccccc2[nH]c1=O)c1ccccc1. The van der Waals surface area contributed by atoms with Crippen molar-refractivity contribution in [3.8, 4) is 0 Å². The number of aromatic amines is 1. The van der Waals surface area contributed by atoms with Crippen LogP contribution >= 0.6 is 0 Å². The van der Waals surface area contributed by atoms with Crippen LogP contribution in [0.3, 0.4) is 0 Å². The van der Waals surface area contributed by atoms with Crippen LogP contribution < -0.4 is 10.9 Å². The first-order valence-electron chi connectivity index (χ1n) is 7.00. The molecule has 4 nitrogen and oxygen atoms in total. The molecular formula is C17H17N3O. The van der Waals surface area contributed by atoms with Gasteiger partial charge >= 0.3 is 0 Å². The van der Waals surface area contributed by atoms with Crippen molar-refractivity contribution in [1.82, 2.24) is 15.3 Å². The van der Waals surface area contributed by atoms with Crippen LogP contribution in [0.2, 0.25) is 0 Å². The van der Waals surface area contributed by atoms with Crippen LogP contribution in [0.1, 0.15) is 24.2 Å². The fraction of sp³-hybridized carbons (Fsp3) is 0.176. The van der Waals surface area contributed by atoms with Crippen LogP contribution in [0.5, 0.6) is 0 Å². The lowest BCUT2D eigenvalue weighted by Gasteiger charge is -2.13. The second-order valence-corrected chi connectivity index (χ2v) is 5.04. The summed E-state index contributed by atoms with van der Waals surface area (Å²) in [5.41, 5.74) is 3.14. The van der Waals surface area contributed by atoms with Gasteiger partial charge in [-0.1, -0.05) is 42.5 Å². The molecule has 0 unspecified atom stereocenters. The Labute approximate surface area is 122 Å². The minimum atomic E-state index is -0.138. The molecule has 0 aliphatic rings. The molecule has 0 spiro atoms. The van der Waals surface area contributed by atoms with Gasteiger partial charge in [-0.15, -0.1) is 0 Å². The van der Waals surface area contributed by atoms with Crippen molar-refractivity contribution in [2.24, 2.45) is 0 Å². The maximum atomic E-state index is 12.0. The number of hydrogen-bond donors (Lipinski definition) is 2. The Kier molecular flexibility index (Phi) is 3.79. The Morgan fingerprint density at radius 2 is 1.81 bits per heavy atom. The number of fused-ring (bicyclic) bond motifs is 1. The van der Waals surface area contributed by atoms with Crippen molar-refractivity contribution in [2.75, 3.05) is 0 Å². The zero-order valence-electron chi connectivity index (χ0n) is 11.8. The molecule has 0 radical (unpaired) electrons. The Balaban J connectivity index is 1.79. The molecule has 1 atom stereocenters. The summed E-state index contributed by atoms with van der Waals surface area (Å²) in [6, 6.07) is 17.9. The Hall–Kier alpha value is -2.46. The molecule has 4 heteroatoms. The highest BCUT2D eigenvalue weighted by molar-refractivity contribution is 5.73. The van der Waals surface area contributed by atoms with Gasteiger partial charge in [-0.2, -0.15) is 0 Å². The van der Waals surface area contributed by atoms with Crippen LogP contribution in [-0.2, 0) is 6.54 Å². The lowest BCUT2D eigenvalue weighted by molar-refractivity contribution is 0.565. The minimum absolute atomic E-state index is 0.138. The molecule has 0 bridgehead atoms. The van der Waals surface area contributed by atoms with Gasteiger partial charge in [0.25, 0.3) is 5.56 Å². The molecule has 106 valence electrons. The summed E-state index contributed by atoms with van der Waals surface area (Å²) in [5, 5.41) is 3.34. The van der Waals surface area contributed by atoms with Crippen LogP contribution in [0.25, 0.3) is 11.0 Å². The van der Waals surface area contributed by atoms with Gasteiger partial charge in [0.15, 0.2) is 0 Å².